The van der Waals surface area contributed by atoms with Gasteiger partial charge in [-0.25, -0.2) is 0 Å². The van der Waals surface area contributed by atoms with Gasteiger partial charge in [0.15, 0.2) is 5.58 Å². The highest BCUT2D eigenvalue weighted by molar-refractivity contribution is 6.33. The van der Waals surface area contributed by atoms with Crippen molar-refractivity contribution in [2.75, 3.05) is 0 Å². The Morgan fingerprint density at radius 1 is 1.57 bits per heavy atom. The van der Waals surface area contributed by atoms with Gasteiger partial charge in [0.05, 0.1) is 16.0 Å². The minimum absolute atomic E-state index is 0.0543. The van der Waals surface area contributed by atoms with Gasteiger partial charge in [-0.15, -0.1) is 0 Å². The highest BCUT2D eigenvalue weighted by atomic mass is 35.5. The Hall–Kier alpha value is -1.62. The molecule has 0 aliphatic carbocycles. The van der Waals surface area contributed by atoms with Crippen molar-refractivity contribution in [2.24, 2.45) is 0 Å². The molecule has 0 fully saturated rings. The van der Waals surface area contributed by atoms with Crippen LogP contribution in [0.3, 0.4) is 0 Å². The van der Waals surface area contributed by atoms with Crippen molar-refractivity contribution in [3.8, 4) is 0 Å². The molecule has 0 aliphatic rings. The van der Waals surface area contributed by atoms with Crippen molar-refractivity contribution in [1.82, 2.24) is 5.16 Å². The Morgan fingerprint density at radius 2 is 2.29 bits per heavy atom. The highest BCUT2D eigenvalue weighted by Crippen LogP contribution is 2.30. The second-order valence-corrected chi connectivity index (χ2v) is 3.23. The zero-order chi connectivity index (χ0) is 10.3. The third-order valence-electron chi connectivity index (χ3n) is 1.92. The molecule has 0 atom stereocenters. The molecule has 1 aromatic carbocycles. The summed E-state index contributed by atoms with van der Waals surface area (Å²) in [6.07, 6.45) is 0. The number of halogens is 1. The maximum atomic E-state index is 10.6. The number of fused-ring (bicyclic) bond motifs is 1. The molecule has 0 bridgehead atoms. The Morgan fingerprint density at radius 3 is 2.93 bits per heavy atom. The van der Waals surface area contributed by atoms with E-state index in [1.165, 1.54) is 12.1 Å². The first-order valence-corrected chi connectivity index (χ1v) is 4.17. The van der Waals surface area contributed by atoms with Gasteiger partial charge in [0.2, 0.25) is 0 Å². The minimum atomic E-state index is -0.534. The SMILES string of the molecule is Cc1noc2cc(Cl)c([N+](=O)[O-])cc12. The molecule has 2 rings (SSSR count). The quantitative estimate of drug-likeness (QED) is 0.538. The van der Waals surface area contributed by atoms with E-state index in [4.69, 9.17) is 16.1 Å². The number of hydrogen-bond donors (Lipinski definition) is 0. The minimum Gasteiger partial charge on any atom is -0.356 e. The number of nitrogens with zero attached hydrogens (tertiary/aromatic N) is 2. The Labute approximate surface area is 83.4 Å². The van der Waals surface area contributed by atoms with Crippen molar-refractivity contribution in [2.45, 2.75) is 6.92 Å². The van der Waals surface area contributed by atoms with E-state index >= 15 is 0 Å². The monoisotopic (exact) mass is 212 g/mol. The molecule has 72 valence electrons. The summed E-state index contributed by atoms with van der Waals surface area (Å²) in [5, 5.41) is 14.9. The van der Waals surface area contributed by atoms with Gasteiger partial charge >= 0.3 is 0 Å². The summed E-state index contributed by atoms with van der Waals surface area (Å²) in [4.78, 5) is 10.0. The second kappa shape index (κ2) is 2.95. The van der Waals surface area contributed by atoms with Crippen LogP contribution in [0.1, 0.15) is 5.69 Å². The highest BCUT2D eigenvalue weighted by Gasteiger charge is 2.16. The van der Waals surface area contributed by atoms with Crippen LogP contribution in [0.4, 0.5) is 5.69 Å². The summed E-state index contributed by atoms with van der Waals surface area (Å²) in [5.74, 6) is 0. The molecule has 1 aromatic heterocycles. The summed E-state index contributed by atoms with van der Waals surface area (Å²) in [7, 11) is 0. The maximum Gasteiger partial charge on any atom is 0.288 e. The number of benzene rings is 1. The van der Waals surface area contributed by atoms with Gasteiger partial charge in [0.25, 0.3) is 5.69 Å². The summed E-state index contributed by atoms with van der Waals surface area (Å²) < 4.78 is 4.91. The van der Waals surface area contributed by atoms with Gasteiger partial charge in [-0.2, -0.15) is 0 Å². The van der Waals surface area contributed by atoms with E-state index in [-0.39, 0.29) is 10.7 Å². The fourth-order valence-electron chi connectivity index (χ4n) is 1.21. The van der Waals surface area contributed by atoms with Crippen LogP contribution in [0.25, 0.3) is 11.0 Å². The second-order valence-electron chi connectivity index (χ2n) is 2.82. The predicted octanol–water partition coefficient (Wildman–Crippen LogP) is 2.70. The van der Waals surface area contributed by atoms with Gasteiger partial charge in [-0.3, -0.25) is 10.1 Å². The molecule has 0 unspecified atom stereocenters. The van der Waals surface area contributed by atoms with Crippen LogP contribution >= 0.6 is 11.6 Å². The van der Waals surface area contributed by atoms with Crippen LogP contribution < -0.4 is 0 Å². The first-order chi connectivity index (χ1) is 6.59. The number of aryl methyl sites for hydroxylation is 1. The van der Waals surface area contributed by atoms with Crippen molar-refractivity contribution in [3.63, 3.8) is 0 Å². The van der Waals surface area contributed by atoms with Crippen molar-refractivity contribution in [3.05, 3.63) is 33.0 Å². The molecule has 0 aliphatic heterocycles. The largest absolute Gasteiger partial charge is 0.356 e. The summed E-state index contributed by atoms with van der Waals surface area (Å²) in [5.41, 5.74) is 0.934. The van der Waals surface area contributed by atoms with Gasteiger partial charge in [0.1, 0.15) is 5.02 Å². The van der Waals surface area contributed by atoms with E-state index in [1.54, 1.807) is 6.92 Å². The van der Waals surface area contributed by atoms with Gasteiger partial charge < -0.3 is 4.52 Å². The first-order valence-electron chi connectivity index (χ1n) is 3.79. The van der Waals surface area contributed by atoms with Crippen LogP contribution in [0, 0.1) is 17.0 Å². The lowest BCUT2D eigenvalue weighted by Gasteiger charge is -1.93. The lowest BCUT2D eigenvalue weighted by atomic mass is 10.2. The third kappa shape index (κ3) is 1.22. The standard InChI is InChI=1S/C8H5ClN2O3/c1-4-5-2-7(11(12)13)6(9)3-8(5)14-10-4/h2-3H,1H3. The fourth-order valence-corrected chi connectivity index (χ4v) is 1.43. The zero-order valence-electron chi connectivity index (χ0n) is 7.15. The molecule has 0 saturated heterocycles. The van der Waals surface area contributed by atoms with E-state index < -0.39 is 4.92 Å². The average Bonchev–Trinajstić information content (AvgIpc) is 2.46. The van der Waals surface area contributed by atoms with E-state index in [1.807, 2.05) is 0 Å². The third-order valence-corrected chi connectivity index (χ3v) is 2.22. The smallest absolute Gasteiger partial charge is 0.288 e. The van der Waals surface area contributed by atoms with E-state index in [0.717, 1.165) is 0 Å². The summed E-state index contributed by atoms with van der Waals surface area (Å²) in [6, 6.07) is 2.76. The van der Waals surface area contributed by atoms with Crippen molar-refractivity contribution >= 4 is 28.3 Å². The van der Waals surface area contributed by atoms with Gasteiger partial charge in [-0.1, -0.05) is 16.8 Å². The van der Waals surface area contributed by atoms with Crippen molar-refractivity contribution < 1.29 is 9.45 Å². The van der Waals surface area contributed by atoms with E-state index in [2.05, 4.69) is 5.16 Å². The van der Waals surface area contributed by atoms with Crippen LogP contribution in [0.2, 0.25) is 5.02 Å². The van der Waals surface area contributed by atoms with Gasteiger partial charge in [-0.05, 0) is 6.92 Å². The van der Waals surface area contributed by atoms with Gasteiger partial charge in [0, 0.05) is 12.1 Å². The fraction of sp³-hybridized carbons (Fsp3) is 0.125. The Bertz CT molecular complexity index is 521. The molecule has 5 nitrogen and oxygen atoms in total. The molecule has 0 radical (unpaired) electrons. The normalized spacial score (nSPS) is 10.7. The number of aromatic nitrogens is 1. The van der Waals surface area contributed by atoms with E-state index in [0.29, 0.717) is 16.7 Å². The lowest BCUT2D eigenvalue weighted by molar-refractivity contribution is -0.384. The zero-order valence-corrected chi connectivity index (χ0v) is 7.91. The van der Waals surface area contributed by atoms with Crippen LogP contribution in [0.5, 0.6) is 0 Å². The predicted molar refractivity (Wildman–Crippen MR) is 50.4 cm³/mol. The molecule has 0 saturated carbocycles. The van der Waals surface area contributed by atoms with Crippen molar-refractivity contribution in [1.29, 1.82) is 0 Å². The molecule has 1 heterocycles. The lowest BCUT2D eigenvalue weighted by Crippen LogP contribution is -1.88. The molecular weight excluding hydrogens is 208 g/mol. The van der Waals surface area contributed by atoms with E-state index in [9.17, 15) is 10.1 Å². The maximum absolute atomic E-state index is 10.6. The topological polar surface area (TPSA) is 69.2 Å². The van der Waals surface area contributed by atoms with Crippen LogP contribution in [0.15, 0.2) is 16.7 Å². The summed E-state index contributed by atoms with van der Waals surface area (Å²) in [6.45, 7) is 1.71. The number of nitro benzene ring substituents is 1. The van der Waals surface area contributed by atoms with Crippen LogP contribution in [-0.4, -0.2) is 10.1 Å². The molecule has 0 N–H and O–H groups in total. The average molecular weight is 213 g/mol. The summed E-state index contributed by atoms with van der Waals surface area (Å²) >= 11 is 5.68. The Kier molecular flexibility index (Phi) is 1.89. The number of hydrogen-bond acceptors (Lipinski definition) is 4. The molecule has 0 amide bonds. The number of nitro groups is 1. The molecule has 0 spiro atoms. The molecule has 6 heteroatoms. The molecule has 14 heavy (non-hydrogen) atoms. The Balaban J connectivity index is 2.80. The van der Waals surface area contributed by atoms with Crippen LogP contribution in [-0.2, 0) is 0 Å². The number of rotatable bonds is 1. The molecule has 2 aromatic rings. The first kappa shape index (κ1) is 8.96. The molecular formula is C8H5ClN2O3.